The van der Waals surface area contributed by atoms with Crippen LogP contribution in [0.15, 0.2) is 131 Å². The molecule has 2 aliphatic rings. The largest absolute Gasteiger partial charge is 0.418 e. The van der Waals surface area contributed by atoms with E-state index in [-0.39, 0.29) is 17.7 Å². The summed E-state index contributed by atoms with van der Waals surface area (Å²) in [6.07, 6.45) is 6.95. The monoisotopic (exact) mass is 919 g/mol. The predicted octanol–water partition coefficient (Wildman–Crippen LogP) is 13.8. The molecule has 1 aromatic heterocycles. The Bertz CT molecular complexity index is 2860. The van der Waals surface area contributed by atoms with E-state index in [2.05, 4.69) is 44.1 Å². The summed E-state index contributed by atoms with van der Waals surface area (Å²) in [4.78, 5) is 0. The SMILES string of the molecule is C=Pc1ccc2c(c1)C(c1cc(C3=CC(C)(F)CC=C3I)cc(-n3c4cc(P=C)ccc4c4ccc(-c5ccccc5)cc43)c1C(F)(F)F)c1cc(C=P)ccc1-2. The standard InChI is InChI=1S/C48H33F4INP3/c1-47(49)18-17-41(53)40(25-47)30-20-39(45-37-19-27(26-55)9-13-33(37)34-15-11-31(56-2)23-38(34)45)46(48(50,51)52)44(22-30)54-42-21-29(28-7-5-4-6-8-28)10-14-35(42)36-16-12-32(57-3)24-43(36)54/h4-17,19-26,45,55H,2-3,18H2,1H3. The highest BCUT2D eigenvalue weighted by atomic mass is 127. The molecule has 6 aromatic carbocycles. The lowest BCUT2D eigenvalue weighted by Crippen LogP contribution is -2.19. The van der Waals surface area contributed by atoms with Crippen molar-refractivity contribution >= 4 is 104 Å². The van der Waals surface area contributed by atoms with Crippen LogP contribution in [-0.4, -0.2) is 28.6 Å². The molecule has 0 saturated heterocycles. The molecule has 280 valence electrons. The number of nitrogens with zero attached hydrogens (tertiary/aromatic N) is 1. The van der Waals surface area contributed by atoms with Crippen molar-refractivity contribution in [3.8, 4) is 27.9 Å². The third kappa shape index (κ3) is 6.60. The van der Waals surface area contributed by atoms with E-state index in [0.29, 0.717) is 22.2 Å². The molecule has 9 rings (SSSR count). The van der Waals surface area contributed by atoms with Crippen molar-refractivity contribution in [3.05, 3.63) is 164 Å². The highest BCUT2D eigenvalue weighted by molar-refractivity contribution is 14.1. The van der Waals surface area contributed by atoms with Crippen LogP contribution in [-0.2, 0) is 6.18 Å². The van der Waals surface area contributed by atoms with Gasteiger partial charge < -0.3 is 4.57 Å². The Labute approximate surface area is 347 Å². The fourth-order valence-corrected chi connectivity index (χ4v) is 10.2. The molecule has 0 radical (unpaired) electrons. The minimum absolute atomic E-state index is 0.0152. The van der Waals surface area contributed by atoms with E-state index in [1.54, 1.807) is 28.6 Å². The van der Waals surface area contributed by atoms with Gasteiger partial charge in [-0.3, -0.25) is 0 Å². The molecule has 2 aliphatic carbocycles. The van der Waals surface area contributed by atoms with Gasteiger partial charge in [0.15, 0.2) is 0 Å². The van der Waals surface area contributed by atoms with Crippen molar-refractivity contribution in [1.82, 2.24) is 4.57 Å². The predicted molar refractivity (Wildman–Crippen MR) is 249 cm³/mol. The summed E-state index contributed by atoms with van der Waals surface area (Å²) < 4.78 is 68.1. The van der Waals surface area contributed by atoms with Crippen molar-refractivity contribution in [2.24, 2.45) is 0 Å². The van der Waals surface area contributed by atoms with Crippen LogP contribution in [0.1, 0.15) is 52.6 Å². The third-order valence-corrected chi connectivity index (χ3v) is 13.7. The van der Waals surface area contributed by atoms with Crippen LogP contribution in [0, 0.1) is 0 Å². The molecule has 57 heavy (non-hydrogen) atoms. The molecule has 1 heterocycles. The van der Waals surface area contributed by atoms with Crippen molar-refractivity contribution in [3.63, 3.8) is 0 Å². The Morgan fingerprint density at radius 1 is 0.754 bits per heavy atom. The molecule has 0 aliphatic heterocycles. The van der Waals surface area contributed by atoms with Gasteiger partial charge in [0.1, 0.15) is 5.67 Å². The first-order chi connectivity index (χ1) is 27.4. The second-order valence-electron chi connectivity index (χ2n) is 14.7. The molecular formula is C48H33F4INP3. The van der Waals surface area contributed by atoms with Gasteiger partial charge in [-0.2, -0.15) is 13.2 Å². The lowest BCUT2D eigenvalue weighted by Gasteiger charge is -2.28. The highest BCUT2D eigenvalue weighted by Crippen LogP contribution is 2.54. The quantitative estimate of drug-likeness (QED) is 0.0853. The lowest BCUT2D eigenvalue weighted by molar-refractivity contribution is -0.138. The topological polar surface area (TPSA) is 4.93 Å². The smallest absolute Gasteiger partial charge is 0.309 e. The van der Waals surface area contributed by atoms with Crippen LogP contribution in [0.4, 0.5) is 17.6 Å². The summed E-state index contributed by atoms with van der Waals surface area (Å²) >= 11 is 2.19. The van der Waals surface area contributed by atoms with E-state index in [9.17, 15) is 0 Å². The molecule has 7 aromatic rings. The second kappa shape index (κ2) is 14.4. The minimum Gasteiger partial charge on any atom is -0.309 e. The van der Waals surface area contributed by atoms with Gasteiger partial charge in [-0.25, -0.2) is 4.39 Å². The van der Waals surface area contributed by atoms with Gasteiger partial charge in [-0.15, -0.1) is 8.86 Å². The first-order valence-corrected chi connectivity index (χ1v) is 22.1. The normalized spacial score (nSPS) is 17.8. The van der Waals surface area contributed by atoms with Gasteiger partial charge in [-0.1, -0.05) is 102 Å². The Hall–Kier alpha value is -4.44. The van der Waals surface area contributed by atoms with Crippen molar-refractivity contribution < 1.29 is 17.6 Å². The number of rotatable bonds is 7. The average Bonchev–Trinajstić information content (AvgIpc) is 3.71. The van der Waals surface area contributed by atoms with Crippen LogP contribution in [0.5, 0.6) is 0 Å². The summed E-state index contributed by atoms with van der Waals surface area (Å²) in [5.74, 6) is 0.986. The molecule has 9 heteroatoms. The number of aromatic nitrogens is 1. The molecule has 0 saturated carbocycles. The van der Waals surface area contributed by atoms with Crippen molar-refractivity contribution in [2.75, 3.05) is 0 Å². The summed E-state index contributed by atoms with van der Waals surface area (Å²) in [6, 6.07) is 36.9. The zero-order valence-electron chi connectivity index (χ0n) is 30.6. The van der Waals surface area contributed by atoms with Crippen molar-refractivity contribution in [1.29, 1.82) is 0 Å². The van der Waals surface area contributed by atoms with Gasteiger partial charge in [0, 0.05) is 37.3 Å². The first kappa shape index (κ1) is 38.1. The maximum Gasteiger partial charge on any atom is 0.418 e. The van der Waals surface area contributed by atoms with E-state index in [4.69, 9.17) is 0 Å². The van der Waals surface area contributed by atoms with Crippen LogP contribution in [0.25, 0.3) is 55.3 Å². The second-order valence-corrected chi connectivity index (χ2v) is 17.8. The number of hydrogen-bond donors (Lipinski definition) is 0. The molecule has 2 unspecified atom stereocenters. The Morgan fingerprint density at radius 2 is 1.40 bits per heavy atom. The number of halogens is 5. The number of hydrogen-bond acceptors (Lipinski definition) is 0. The zero-order valence-corrected chi connectivity index (χ0v) is 35.6. The maximum atomic E-state index is 16.5. The van der Waals surface area contributed by atoms with Gasteiger partial charge >= 0.3 is 6.18 Å². The summed E-state index contributed by atoms with van der Waals surface area (Å²) in [7, 11) is 5.03. The van der Waals surface area contributed by atoms with Crippen LogP contribution < -0.4 is 10.6 Å². The number of benzene rings is 6. The Balaban J connectivity index is 1.47. The molecule has 0 bridgehead atoms. The fourth-order valence-electron chi connectivity index (χ4n) is 8.53. The van der Waals surface area contributed by atoms with E-state index < -0.39 is 23.3 Å². The third-order valence-electron chi connectivity index (χ3n) is 11.1. The molecule has 0 spiro atoms. The molecule has 0 fully saturated rings. The number of allylic oxidation sites excluding steroid dienone is 4. The van der Waals surface area contributed by atoms with Gasteiger partial charge in [0.25, 0.3) is 0 Å². The Morgan fingerprint density at radius 3 is 2.11 bits per heavy atom. The highest BCUT2D eigenvalue weighted by Gasteiger charge is 2.43. The van der Waals surface area contributed by atoms with Gasteiger partial charge in [0.2, 0.25) is 0 Å². The van der Waals surface area contributed by atoms with Crippen LogP contribution >= 0.6 is 47.9 Å². The Kier molecular flexibility index (Phi) is 9.65. The first-order valence-electron chi connectivity index (χ1n) is 18.3. The van der Waals surface area contributed by atoms with Crippen LogP contribution in [0.2, 0.25) is 0 Å². The molecular weight excluding hydrogens is 886 g/mol. The molecule has 0 amide bonds. The lowest BCUT2D eigenvalue weighted by atomic mass is 9.82. The van der Waals surface area contributed by atoms with E-state index >= 15 is 17.6 Å². The van der Waals surface area contributed by atoms with E-state index in [1.807, 2.05) is 109 Å². The summed E-state index contributed by atoms with van der Waals surface area (Å²) in [6.45, 7) is 1.51. The van der Waals surface area contributed by atoms with E-state index in [0.717, 1.165) is 80.3 Å². The van der Waals surface area contributed by atoms with Gasteiger partial charge in [-0.05, 0) is 146 Å². The van der Waals surface area contributed by atoms with Crippen LogP contribution in [0.3, 0.4) is 0 Å². The van der Waals surface area contributed by atoms with Crippen molar-refractivity contribution in [2.45, 2.75) is 31.1 Å². The van der Waals surface area contributed by atoms with E-state index in [1.165, 1.54) is 6.92 Å². The average molecular weight is 920 g/mol. The zero-order chi connectivity index (χ0) is 39.8. The fraction of sp³-hybridized carbons (Fsp3) is 0.104. The number of alkyl halides is 4. The molecule has 2 atom stereocenters. The summed E-state index contributed by atoms with van der Waals surface area (Å²) in [5.41, 5.74) is 6.01. The minimum atomic E-state index is -4.80. The summed E-state index contributed by atoms with van der Waals surface area (Å²) in [5, 5.41) is 3.43. The molecule has 1 nitrogen and oxygen atoms in total. The molecule has 0 N–H and O–H groups in total. The van der Waals surface area contributed by atoms with Gasteiger partial charge in [0.05, 0.1) is 22.3 Å². The number of fused-ring (bicyclic) bond motifs is 6. The maximum absolute atomic E-state index is 16.5.